The van der Waals surface area contributed by atoms with Crippen molar-refractivity contribution in [3.05, 3.63) is 107 Å². The summed E-state index contributed by atoms with van der Waals surface area (Å²) >= 11 is 0. The van der Waals surface area contributed by atoms with E-state index >= 15 is 0 Å². The number of likely N-dealkylation sites (tertiary alicyclic amines) is 1. The lowest BCUT2D eigenvalue weighted by molar-refractivity contribution is -0.159. The SMILES string of the molecule is CC(=O)c1ccc(OCCCN2CCC(=C(c3ccc(F)cc3)c3ccc(F)cc3)CC2)cc1.O=C(O)C(=O)O. The maximum absolute atomic E-state index is 13.5. The van der Waals surface area contributed by atoms with Crippen molar-refractivity contribution in [2.24, 2.45) is 0 Å². The summed E-state index contributed by atoms with van der Waals surface area (Å²) in [6.45, 7) is 5.00. The molecule has 0 unspecified atom stereocenters. The van der Waals surface area contributed by atoms with Crippen LogP contribution in [-0.4, -0.2) is 59.1 Å². The molecule has 1 heterocycles. The number of carbonyl (C=O) groups is 3. The summed E-state index contributed by atoms with van der Waals surface area (Å²) in [5.74, 6) is -3.35. The summed E-state index contributed by atoms with van der Waals surface area (Å²) in [5, 5.41) is 14.8. The van der Waals surface area contributed by atoms with Gasteiger partial charge < -0.3 is 19.8 Å². The van der Waals surface area contributed by atoms with Crippen LogP contribution >= 0.6 is 0 Å². The third-order valence-electron chi connectivity index (χ3n) is 6.41. The van der Waals surface area contributed by atoms with Gasteiger partial charge in [-0.15, -0.1) is 0 Å². The van der Waals surface area contributed by atoms with Crippen LogP contribution < -0.4 is 4.74 Å². The number of hydrogen-bond acceptors (Lipinski definition) is 5. The van der Waals surface area contributed by atoms with Gasteiger partial charge in [-0.25, -0.2) is 18.4 Å². The number of carbonyl (C=O) groups excluding carboxylic acids is 1. The average molecular weight is 552 g/mol. The van der Waals surface area contributed by atoms with E-state index in [2.05, 4.69) is 4.90 Å². The van der Waals surface area contributed by atoms with Gasteiger partial charge in [-0.2, -0.15) is 0 Å². The lowest BCUT2D eigenvalue weighted by atomic mass is 9.88. The highest BCUT2D eigenvalue weighted by Gasteiger charge is 2.19. The Labute approximate surface area is 231 Å². The van der Waals surface area contributed by atoms with Crippen molar-refractivity contribution in [3.8, 4) is 5.75 Å². The topological polar surface area (TPSA) is 104 Å². The van der Waals surface area contributed by atoms with E-state index in [0.717, 1.165) is 61.3 Å². The molecule has 1 aliphatic heterocycles. The number of Topliss-reactive ketones (excluding diaryl/α,β-unsaturated/α-hetero) is 1. The molecular formula is C31H31F2NO6. The van der Waals surface area contributed by atoms with Gasteiger partial charge in [-0.05, 0) is 91.4 Å². The van der Waals surface area contributed by atoms with Crippen molar-refractivity contribution in [1.29, 1.82) is 0 Å². The highest BCUT2D eigenvalue weighted by atomic mass is 19.1. The molecule has 210 valence electrons. The second-order valence-electron chi connectivity index (χ2n) is 9.23. The molecule has 1 fully saturated rings. The molecule has 0 radical (unpaired) electrons. The van der Waals surface area contributed by atoms with Crippen LogP contribution in [0.4, 0.5) is 8.78 Å². The molecular weight excluding hydrogens is 520 g/mol. The van der Waals surface area contributed by atoms with Crippen LogP contribution in [-0.2, 0) is 9.59 Å². The fourth-order valence-corrected chi connectivity index (χ4v) is 4.37. The summed E-state index contributed by atoms with van der Waals surface area (Å²) in [6, 6.07) is 20.3. The molecule has 9 heteroatoms. The first-order chi connectivity index (χ1) is 19.1. The van der Waals surface area contributed by atoms with Gasteiger partial charge in [-0.3, -0.25) is 4.79 Å². The Balaban J connectivity index is 0.000000663. The van der Waals surface area contributed by atoms with Gasteiger partial charge in [0.15, 0.2) is 5.78 Å². The highest BCUT2D eigenvalue weighted by molar-refractivity contribution is 6.27. The third kappa shape index (κ3) is 9.13. The van der Waals surface area contributed by atoms with Crippen LogP contribution in [0.5, 0.6) is 5.75 Å². The van der Waals surface area contributed by atoms with Gasteiger partial charge in [-0.1, -0.05) is 29.8 Å². The molecule has 0 bridgehead atoms. The molecule has 2 N–H and O–H groups in total. The number of ketones is 1. The molecule has 40 heavy (non-hydrogen) atoms. The number of halogens is 2. The predicted molar refractivity (Wildman–Crippen MR) is 146 cm³/mol. The zero-order chi connectivity index (χ0) is 29.1. The molecule has 0 atom stereocenters. The van der Waals surface area contributed by atoms with E-state index in [-0.39, 0.29) is 17.4 Å². The number of hydrogen-bond donors (Lipinski definition) is 2. The van der Waals surface area contributed by atoms with Crippen molar-refractivity contribution in [2.75, 3.05) is 26.2 Å². The van der Waals surface area contributed by atoms with Crippen LogP contribution in [0.3, 0.4) is 0 Å². The van der Waals surface area contributed by atoms with Gasteiger partial charge in [0.2, 0.25) is 0 Å². The molecule has 3 aromatic rings. The number of benzene rings is 3. The molecule has 0 aliphatic carbocycles. The van der Waals surface area contributed by atoms with E-state index in [1.165, 1.54) is 29.8 Å². The minimum atomic E-state index is -1.82. The van der Waals surface area contributed by atoms with Crippen LogP contribution in [0.25, 0.3) is 5.57 Å². The van der Waals surface area contributed by atoms with Gasteiger partial charge in [0.05, 0.1) is 6.61 Å². The molecule has 0 spiro atoms. The summed E-state index contributed by atoms with van der Waals surface area (Å²) < 4.78 is 32.8. The Morgan fingerprint density at radius 3 is 1.62 bits per heavy atom. The standard InChI is InChI=1S/C29H29F2NO2.C2H2O4/c1-21(33)22-7-13-28(14-8-22)34-20-2-17-32-18-15-25(16-19-32)29(23-3-9-26(30)10-4-23)24-5-11-27(31)12-6-24;3-1(4)2(5)6/h3-14H,2,15-20H2,1H3;(H,3,4)(H,5,6). The zero-order valence-corrected chi connectivity index (χ0v) is 22.1. The summed E-state index contributed by atoms with van der Waals surface area (Å²) in [5.41, 5.74) is 5.00. The largest absolute Gasteiger partial charge is 0.494 e. The first kappa shape index (κ1) is 30.2. The minimum absolute atomic E-state index is 0.0482. The van der Waals surface area contributed by atoms with Crippen molar-refractivity contribution in [1.82, 2.24) is 4.90 Å². The van der Waals surface area contributed by atoms with Crippen molar-refractivity contribution in [3.63, 3.8) is 0 Å². The van der Waals surface area contributed by atoms with E-state index < -0.39 is 11.9 Å². The van der Waals surface area contributed by atoms with Gasteiger partial charge in [0.1, 0.15) is 17.4 Å². The minimum Gasteiger partial charge on any atom is -0.494 e. The normalized spacial score (nSPS) is 13.1. The molecule has 0 aromatic heterocycles. The lowest BCUT2D eigenvalue weighted by Crippen LogP contribution is -2.32. The molecule has 1 aliphatic rings. The van der Waals surface area contributed by atoms with Gasteiger partial charge in [0, 0.05) is 25.2 Å². The number of aliphatic carboxylic acids is 2. The van der Waals surface area contributed by atoms with Crippen LogP contribution in [0, 0.1) is 11.6 Å². The van der Waals surface area contributed by atoms with E-state index in [9.17, 15) is 13.6 Å². The smallest absolute Gasteiger partial charge is 0.414 e. The summed E-state index contributed by atoms with van der Waals surface area (Å²) in [4.78, 5) is 32.0. The number of ether oxygens (including phenoxy) is 1. The fourth-order valence-electron chi connectivity index (χ4n) is 4.37. The Morgan fingerprint density at radius 1 is 0.750 bits per heavy atom. The Hall–Kier alpha value is -4.37. The van der Waals surface area contributed by atoms with Crippen molar-refractivity contribution in [2.45, 2.75) is 26.2 Å². The number of carboxylic acid groups (broad SMARTS) is 2. The van der Waals surface area contributed by atoms with Crippen molar-refractivity contribution < 1.29 is 38.1 Å². The zero-order valence-electron chi connectivity index (χ0n) is 22.1. The summed E-state index contributed by atoms with van der Waals surface area (Å²) in [6.07, 6.45) is 2.74. The van der Waals surface area contributed by atoms with E-state index in [4.69, 9.17) is 24.5 Å². The molecule has 0 amide bonds. The Morgan fingerprint density at radius 2 is 1.20 bits per heavy atom. The first-order valence-corrected chi connectivity index (χ1v) is 12.8. The predicted octanol–water partition coefficient (Wildman–Crippen LogP) is 5.69. The highest BCUT2D eigenvalue weighted by Crippen LogP contribution is 2.32. The first-order valence-electron chi connectivity index (χ1n) is 12.8. The number of carboxylic acids is 2. The number of nitrogens with zero attached hydrogens (tertiary/aromatic N) is 1. The van der Waals surface area contributed by atoms with Crippen LogP contribution in [0.15, 0.2) is 78.4 Å². The second kappa shape index (κ2) is 14.7. The monoisotopic (exact) mass is 551 g/mol. The van der Waals surface area contributed by atoms with Crippen LogP contribution in [0.1, 0.15) is 47.7 Å². The molecule has 4 rings (SSSR count). The molecule has 7 nitrogen and oxygen atoms in total. The number of rotatable bonds is 8. The third-order valence-corrected chi connectivity index (χ3v) is 6.41. The fraction of sp³-hybridized carbons (Fsp3) is 0.258. The maximum atomic E-state index is 13.5. The van der Waals surface area contributed by atoms with Gasteiger partial charge in [0.25, 0.3) is 0 Å². The van der Waals surface area contributed by atoms with E-state index in [1.54, 1.807) is 43.3 Å². The Kier molecular flexibility index (Phi) is 11.1. The second-order valence-corrected chi connectivity index (χ2v) is 9.23. The number of piperidine rings is 1. The quantitative estimate of drug-likeness (QED) is 0.211. The summed E-state index contributed by atoms with van der Waals surface area (Å²) in [7, 11) is 0. The lowest BCUT2D eigenvalue weighted by Gasteiger charge is -2.30. The van der Waals surface area contributed by atoms with E-state index in [0.29, 0.717) is 12.2 Å². The maximum Gasteiger partial charge on any atom is 0.414 e. The Bertz CT molecular complexity index is 1270. The van der Waals surface area contributed by atoms with Gasteiger partial charge >= 0.3 is 11.9 Å². The van der Waals surface area contributed by atoms with E-state index in [1.807, 2.05) is 12.1 Å². The average Bonchev–Trinajstić information content (AvgIpc) is 2.94. The van der Waals surface area contributed by atoms with Crippen molar-refractivity contribution >= 4 is 23.3 Å². The van der Waals surface area contributed by atoms with Crippen LogP contribution in [0.2, 0.25) is 0 Å². The molecule has 1 saturated heterocycles. The molecule has 0 saturated carbocycles. The molecule has 3 aromatic carbocycles.